The number of nitrogens with two attached hydrogens (primary N) is 1. The summed E-state index contributed by atoms with van der Waals surface area (Å²) >= 11 is 0. The van der Waals surface area contributed by atoms with E-state index < -0.39 is 32.4 Å². The molecule has 1 aromatic carbocycles. The van der Waals surface area contributed by atoms with Crippen LogP contribution in [0.4, 0.5) is 0 Å². The van der Waals surface area contributed by atoms with Crippen molar-refractivity contribution < 1.29 is 18.3 Å². The third-order valence-corrected chi connectivity index (χ3v) is 6.21. The molecule has 19 heavy (non-hydrogen) atoms. The van der Waals surface area contributed by atoms with Crippen molar-refractivity contribution in [2.45, 2.75) is 18.1 Å². The summed E-state index contributed by atoms with van der Waals surface area (Å²) in [5, 5.41) is 8.50. The fourth-order valence-electron chi connectivity index (χ4n) is 2.83. The number of benzene rings is 1. The number of sulfone groups is 1. The minimum Gasteiger partial charge on any atom is -0.481 e. The minimum atomic E-state index is -3.45. The highest BCUT2D eigenvalue weighted by atomic mass is 32.2. The van der Waals surface area contributed by atoms with Gasteiger partial charge in [0.15, 0.2) is 9.84 Å². The van der Waals surface area contributed by atoms with Gasteiger partial charge in [0.1, 0.15) is 5.41 Å². The molecule has 1 aliphatic rings. The van der Waals surface area contributed by atoms with Crippen molar-refractivity contribution >= 4 is 15.8 Å². The van der Waals surface area contributed by atoms with E-state index in [0.717, 1.165) is 5.56 Å². The summed E-state index contributed by atoms with van der Waals surface area (Å²) in [4.78, 5) is 11.5. The van der Waals surface area contributed by atoms with Gasteiger partial charge in [-0.05, 0) is 5.56 Å². The first-order valence-corrected chi connectivity index (χ1v) is 7.83. The van der Waals surface area contributed by atoms with Gasteiger partial charge in [0.2, 0.25) is 0 Å². The van der Waals surface area contributed by atoms with E-state index in [1.807, 2.05) is 0 Å². The molecule has 1 fully saturated rings. The van der Waals surface area contributed by atoms with Crippen LogP contribution in [0, 0.1) is 5.41 Å². The maximum Gasteiger partial charge on any atom is 0.312 e. The van der Waals surface area contributed by atoms with E-state index in [1.54, 1.807) is 30.3 Å². The lowest BCUT2D eigenvalue weighted by atomic mass is 9.99. The molecule has 3 atom stereocenters. The van der Waals surface area contributed by atoms with Crippen molar-refractivity contribution in [3.05, 3.63) is 35.9 Å². The summed E-state index contributed by atoms with van der Waals surface area (Å²) in [5.74, 6) is -1.76. The van der Waals surface area contributed by atoms with E-state index in [2.05, 4.69) is 0 Å². The smallest absolute Gasteiger partial charge is 0.312 e. The molecule has 0 unspecified atom stereocenters. The molecular weight excluding hydrogens is 266 g/mol. The minimum absolute atomic E-state index is 0.0734. The number of carbonyl (C=O) groups is 1. The van der Waals surface area contributed by atoms with Crippen molar-refractivity contribution in [2.24, 2.45) is 11.1 Å². The molecule has 2 rings (SSSR count). The third kappa shape index (κ3) is 1.95. The van der Waals surface area contributed by atoms with E-state index in [1.165, 1.54) is 6.92 Å². The van der Waals surface area contributed by atoms with Gasteiger partial charge >= 0.3 is 5.97 Å². The van der Waals surface area contributed by atoms with Crippen LogP contribution in [-0.4, -0.2) is 37.0 Å². The Balaban J connectivity index is 2.51. The van der Waals surface area contributed by atoms with Gasteiger partial charge in [-0.15, -0.1) is 0 Å². The second kappa shape index (κ2) is 4.61. The zero-order valence-corrected chi connectivity index (χ0v) is 11.4. The highest BCUT2D eigenvalue weighted by Crippen LogP contribution is 2.62. The van der Waals surface area contributed by atoms with Crippen LogP contribution in [0.2, 0.25) is 0 Å². The number of hydrogen-bond acceptors (Lipinski definition) is 4. The van der Waals surface area contributed by atoms with Gasteiger partial charge in [-0.1, -0.05) is 37.3 Å². The zero-order valence-electron chi connectivity index (χ0n) is 10.6. The molecule has 0 spiro atoms. The molecule has 0 aromatic heterocycles. The second-order valence-electron chi connectivity index (χ2n) is 4.81. The average molecular weight is 283 g/mol. The molecule has 0 bridgehead atoms. The number of hydrogen-bond donors (Lipinski definition) is 2. The van der Waals surface area contributed by atoms with Gasteiger partial charge in [-0.3, -0.25) is 4.79 Å². The standard InChI is InChI=1S/C13H17NO4S/c1-2-19(17,18)11-10(9-6-4-3-5-7-9)13(11,8-14)12(15)16/h3-7,10-11H,2,8,14H2,1H3,(H,15,16)/t10-,11-,13+/m0/s1. The van der Waals surface area contributed by atoms with Gasteiger partial charge in [-0.25, -0.2) is 8.42 Å². The Labute approximate surface area is 112 Å². The van der Waals surface area contributed by atoms with Crippen LogP contribution in [0.5, 0.6) is 0 Å². The SMILES string of the molecule is CCS(=O)(=O)[C@H]1[C@H](c2ccccc2)[C@@]1(CN)C(=O)O. The van der Waals surface area contributed by atoms with Gasteiger partial charge in [-0.2, -0.15) is 0 Å². The van der Waals surface area contributed by atoms with Gasteiger partial charge in [0, 0.05) is 18.2 Å². The normalized spacial score (nSPS) is 30.0. The molecular formula is C13H17NO4S. The van der Waals surface area contributed by atoms with Crippen LogP contribution >= 0.6 is 0 Å². The summed E-state index contributed by atoms with van der Waals surface area (Å²) < 4.78 is 24.2. The van der Waals surface area contributed by atoms with Gasteiger partial charge in [0.05, 0.1) is 5.25 Å². The average Bonchev–Trinajstić information content (AvgIpc) is 3.11. The third-order valence-electron chi connectivity index (χ3n) is 3.94. The molecule has 0 radical (unpaired) electrons. The number of aliphatic carboxylic acids is 1. The first-order valence-electron chi connectivity index (χ1n) is 6.11. The van der Waals surface area contributed by atoms with E-state index in [-0.39, 0.29) is 12.3 Å². The van der Waals surface area contributed by atoms with Crippen LogP contribution in [0.15, 0.2) is 30.3 Å². The zero-order chi connectivity index (χ0) is 14.3. The van der Waals surface area contributed by atoms with Crippen molar-refractivity contribution in [1.82, 2.24) is 0 Å². The number of carboxylic acids is 1. The molecule has 1 aromatic rings. The topological polar surface area (TPSA) is 97.5 Å². The van der Waals surface area contributed by atoms with Crippen molar-refractivity contribution in [3.63, 3.8) is 0 Å². The summed E-state index contributed by atoms with van der Waals surface area (Å²) in [6.45, 7) is 1.35. The number of rotatable bonds is 5. The Kier molecular flexibility index (Phi) is 3.40. The molecule has 5 nitrogen and oxygen atoms in total. The Morgan fingerprint density at radius 1 is 1.37 bits per heavy atom. The lowest BCUT2D eigenvalue weighted by Gasteiger charge is -2.09. The fraction of sp³-hybridized carbons (Fsp3) is 0.462. The maximum atomic E-state index is 12.1. The molecule has 104 valence electrons. The first-order chi connectivity index (χ1) is 8.91. The molecule has 0 heterocycles. The Bertz CT molecular complexity index is 584. The Morgan fingerprint density at radius 3 is 2.37 bits per heavy atom. The molecule has 0 saturated heterocycles. The summed E-state index contributed by atoms with van der Waals surface area (Å²) in [7, 11) is -3.45. The van der Waals surface area contributed by atoms with Crippen LogP contribution < -0.4 is 5.73 Å². The molecule has 1 aliphatic carbocycles. The van der Waals surface area contributed by atoms with Gasteiger partial charge in [0.25, 0.3) is 0 Å². The Morgan fingerprint density at radius 2 is 1.95 bits per heavy atom. The summed E-state index contributed by atoms with van der Waals surface area (Å²) in [6.07, 6.45) is 0. The number of carboxylic acid groups (broad SMARTS) is 1. The maximum absolute atomic E-state index is 12.1. The van der Waals surface area contributed by atoms with Crippen LogP contribution in [0.1, 0.15) is 18.4 Å². The summed E-state index contributed by atoms with van der Waals surface area (Å²) in [5.41, 5.74) is 4.93. The highest BCUT2D eigenvalue weighted by molar-refractivity contribution is 7.92. The van der Waals surface area contributed by atoms with Crippen LogP contribution in [0.25, 0.3) is 0 Å². The first kappa shape index (κ1) is 14.0. The summed E-state index contributed by atoms with van der Waals surface area (Å²) in [6, 6.07) is 8.85. The van der Waals surface area contributed by atoms with Gasteiger partial charge < -0.3 is 10.8 Å². The van der Waals surface area contributed by atoms with E-state index in [0.29, 0.717) is 0 Å². The quantitative estimate of drug-likeness (QED) is 0.825. The highest BCUT2D eigenvalue weighted by Gasteiger charge is 2.74. The monoisotopic (exact) mass is 283 g/mol. The van der Waals surface area contributed by atoms with Crippen molar-refractivity contribution in [1.29, 1.82) is 0 Å². The predicted molar refractivity (Wildman–Crippen MR) is 71.6 cm³/mol. The largest absolute Gasteiger partial charge is 0.481 e. The molecule has 3 N–H and O–H groups in total. The molecule has 0 aliphatic heterocycles. The fourth-order valence-corrected chi connectivity index (χ4v) is 4.91. The molecule has 6 heteroatoms. The Hall–Kier alpha value is -1.40. The molecule has 0 amide bonds. The van der Waals surface area contributed by atoms with E-state index >= 15 is 0 Å². The predicted octanol–water partition coefficient (Wildman–Crippen LogP) is 0.617. The second-order valence-corrected chi connectivity index (χ2v) is 7.22. The lowest BCUT2D eigenvalue weighted by molar-refractivity contribution is -0.143. The van der Waals surface area contributed by atoms with E-state index in [4.69, 9.17) is 5.73 Å². The van der Waals surface area contributed by atoms with Crippen molar-refractivity contribution in [2.75, 3.05) is 12.3 Å². The molecule has 1 saturated carbocycles. The van der Waals surface area contributed by atoms with E-state index in [9.17, 15) is 18.3 Å². The lowest BCUT2D eigenvalue weighted by Crippen LogP contribution is -2.32. The van der Waals surface area contributed by atoms with Crippen LogP contribution in [0.3, 0.4) is 0 Å². The van der Waals surface area contributed by atoms with Crippen LogP contribution in [-0.2, 0) is 14.6 Å². The van der Waals surface area contributed by atoms with Crippen molar-refractivity contribution in [3.8, 4) is 0 Å².